The van der Waals surface area contributed by atoms with Crippen LogP contribution in [0.15, 0.2) is 24.3 Å². The SMILES string of the molecule is O=[N+]([O-])CCC1COc2ccccc2O1. The predicted octanol–water partition coefficient (Wildman–Crippen LogP) is 1.49. The molecule has 0 aliphatic carbocycles. The zero-order valence-corrected chi connectivity index (χ0v) is 8.09. The summed E-state index contributed by atoms with van der Waals surface area (Å²) in [7, 11) is 0. The Morgan fingerprint density at radius 1 is 1.40 bits per heavy atom. The lowest BCUT2D eigenvalue weighted by molar-refractivity contribution is -0.481. The summed E-state index contributed by atoms with van der Waals surface area (Å²) in [6.45, 7) is 0.293. The van der Waals surface area contributed by atoms with Crippen LogP contribution in [0.5, 0.6) is 11.5 Å². The van der Waals surface area contributed by atoms with E-state index in [1.807, 2.05) is 18.2 Å². The van der Waals surface area contributed by atoms with Gasteiger partial charge in [0.15, 0.2) is 11.5 Å². The molecule has 0 saturated carbocycles. The van der Waals surface area contributed by atoms with Gasteiger partial charge in [-0.2, -0.15) is 0 Å². The highest BCUT2D eigenvalue weighted by Crippen LogP contribution is 2.31. The molecule has 2 rings (SSSR count). The van der Waals surface area contributed by atoms with Gasteiger partial charge in [0.1, 0.15) is 12.7 Å². The quantitative estimate of drug-likeness (QED) is 0.559. The van der Waals surface area contributed by atoms with E-state index in [0.29, 0.717) is 24.5 Å². The number of nitro groups is 1. The molecule has 0 spiro atoms. The molecular formula is C10H11NO4. The summed E-state index contributed by atoms with van der Waals surface area (Å²) in [4.78, 5) is 9.85. The largest absolute Gasteiger partial charge is 0.486 e. The fourth-order valence-corrected chi connectivity index (χ4v) is 1.45. The maximum absolute atomic E-state index is 10.2. The van der Waals surface area contributed by atoms with Gasteiger partial charge in [-0.3, -0.25) is 10.1 Å². The van der Waals surface area contributed by atoms with Crippen LogP contribution in [0.1, 0.15) is 6.42 Å². The summed E-state index contributed by atoms with van der Waals surface area (Å²) in [5, 5.41) is 10.2. The second-order valence-electron chi connectivity index (χ2n) is 3.34. The number of benzene rings is 1. The van der Waals surface area contributed by atoms with E-state index in [4.69, 9.17) is 9.47 Å². The molecule has 1 aromatic carbocycles. The number of hydrogen-bond donors (Lipinski definition) is 0. The highest BCUT2D eigenvalue weighted by atomic mass is 16.6. The Morgan fingerprint density at radius 2 is 2.13 bits per heavy atom. The maximum atomic E-state index is 10.2. The van der Waals surface area contributed by atoms with Crippen LogP contribution in [0.3, 0.4) is 0 Å². The normalized spacial score (nSPS) is 18.5. The molecule has 15 heavy (non-hydrogen) atoms. The van der Waals surface area contributed by atoms with Crippen LogP contribution in [0.2, 0.25) is 0 Å². The molecule has 1 aliphatic rings. The molecule has 1 unspecified atom stereocenters. The van der Waals surface area contributed by atoms with Gasteiger partial charge in [-0.15, -0.1) is 0 Å². The first-order chi connectivity index (χ1) is 7.25. The first-order valence-electron chi connectivity index (χ1n) is 4.76. The van der Waals surface area contributed by atoms with E-state index >= 15 is 0 Å². The molecule has 0 radical (unpaired) electrons. The average molecular weight is 209 g/mol. The lowest BCUT2D eigenvalue weighted by atomic mass is 10.2. The van der Waals surface area contributed by atoms with E-state index < -0.39 is 0 Å². The smallest absolute Gasteiger partial charge is 0.207 e. The van der Waals surface area contributed by atoms with Crippen molar-refractivity contribution < 1.29 is 14.4 Å². The third-order valence-electron chi connectivity index (χ3n) is 2.20. The third kappa shape index (κ3) is 2.37. The Kier molecular flexibility index (Phi) is 2.71. The maximum Gasteiger partial charge on any atom is 0.207 e. The van der Waals surface area contributed by atoms with Gasteiger partial charge < -0.3 is 9.47 Å². The number of para-hydroxylation sites is 2. The van der Waals surface area contributed by atoms with Crippen molar-refractivity contribution in [2.75, 3.05) is 13.2 Å². The second-order valence-corrected chi connectivity index (χ2v) is 3.34. The van der Waals surface area contributed by atoms with Crippen molar-refractivity contribution in [2.24, 2.45) is 0 Å². The van der Waals surface area contributed by atoms with Crippen LogP contribution >= 0.6 is 0 Å². The molecular weight excluding hydrogens is 198 g/mol. The van der Waals surface area contributed by atoms with Gasteiger partial charge in [-0.1, -0.05) is 12.1 Å². The highest BCUT2D eigenvalue weighted by molar-refractivity contribution is 5.40. The summed E-state index contributed by atoms with van der Waals surface area (Å²) in [5.41, 5.74) is 0. The zero-order chi connectivity index (χ0) is 10.7. The van der Waals surface area contributed by atoms with Crippen molar-refractivity contribution in [1.29, 1.82) is 0 Å². The molecule has 0 aromatic heterocycles. The van der Waals surface area contributed by atoms with E-state index in [1.165, 1.54) is 0 Å². The van der Waals surface area contributed by atoms with Crippen LogP contribution in [0, 0.1) is 10.1 Å². The number of fused-ring (bicyclic) bond motifs is 1. The molecule has 0 fully saturated rings. The molecule has 1 heterocycles. The Morgan fingerprint density at radius 3 is 2.87 bits per heavy atom. The fraction of sp³-hybridized carbons (Fsp3) is 0.400. The molecule has 1 aromatic rings. The fourth-order valence-electron chi connectivity index (χ4n) is 1.45. The van der Waals surface area contributed by atoms with Gasteiger partial charge in [-0.05, 0) is 12.1 Å². The van der Waals surface area contributed by atoms with Crippen molar-refractivity contribution in [1.82, 2.24) is 0 Å². The van der Waals surface area contributed by atoms with Crippen LogP contribution in [0.25, 0.3) is 0 Å². The molecule has 5 nitrogen and oxygen atoms in total. The Labute approximate surface area is 86.8 Å². The third-order valence-corrected chi connectivity index (χ3v) is 2.20. The van der Waals surface area contributed by atoms with Crippen LogP contribution < -0.4 is 9.47 Å². The Hall–Kier alpha value is -1.78. The van der Waals surface area contributed by atoms with Gasteiger partial charge in [0.2, 0.25) is 6.54 Å². The highest BCUT2D eigenvalue weighted by Gasteiger charge is 2.21. The Balaban J connectivity index is 1.96. The average Bonchev–Trinajstić information content (AvgIpc) is 2.26. The number of nitrogens with zero attached hydrogens (tertiary/aromatic N) is 1. The molecule has 0 N–H and O–H groups in total. The Bertz CT molecular complexity index is 366. The van der Waals surface area contributed by atoms with Gasteiger partial charge in [0, 0.05) is 4.92 Å². The van der Waals surface area contributed by atoms with Gasteiger partial charge in [0.25, 0.3) is 0 Å². The second kappa shape index (κ2) is 4.16. The minimum Gasteiger partial charge on any atom is -0.486 e. The first kappa shape index (κ1) is 9.76. The summed E-state index contributed by atoms with van der Waals surface area (Å²) < 4.78 is 11.0. The van der Waals surface area contributed by atoms with E-state index in [9.17, 15) is 10.1 Å². The lowest BCUT2D eigenvalue weighted by Gasteiger charge is -2.25. The minimum absolute atomic E-state index is 0.0871. The van der Waals surface area contributed by atoms with Crippen LogP contribution in [-0.2, 0) is 0 Å². The van der Waals surface area contributed by atoms with Crippen LogP contribution in [0.4, 0.5) is 0 Å². The summed E-state index contributed by atoms with van der Waals surface area (Å²) in [5.74, 6) is 1.37. The zero-order valence-electron chi connectivity index (χ0n) is 8.09. The molecule has 0 amide bonds. The standard InChI is InChI=1S/C10H11NO4/c12-11(13)6-5-8-7-14-9-3-1-2-4-10(9)15-8/h1-4,8H,5-7H2. The lowest BCUT2D eigenvalue weighted by Crippen LogP contribution is -2.30. The van der Waals surface area contributed by atoms with E-state index in [2.05, 4.69) is 0 Å². The van der Waals surface area contributed by atoms with E-state index in [-0.39, 0.29) is 17.6 Å². The summed E-state index contributed by atoms with van der Waals surface area (Å²) >= 11 is 0. The van der Waals surface area contributed by atoms with Crippen molar-refractivity contribution in [3.63, 3.8) is 0 Å². The molecule has 1 atom stereocenters. The minimum atomic E-state index is -0.343. The van der Waals surface area contributed by atoms with Crippen molar-refractivity contribution >= 4 is 0 Å². The molecule has 5 heteroatoms. The number of ether oxygens (including phenoxy) is 2. The number of hydrogen-bond acceptors (Lipinski definition) is 4. The van der Waals surface area contributed by atoms with Gasteiger partial charge >= 0.3 is 0 Å². The van der Waals surface area contributed by atoms with Gasteiger partial charge in [-0.25, -0.2) is 0 Å². The van der Waals surface area contributed by atoms with Crippen molar-refractivity contribution in [3.8, 4) is 11.5 Å². The first-order valence-corrected chi connectivity index (χ1v) is 4.76. The van der Waals surface area contributed by atoms with Crippen LogP contribution in [-0.4, -0.2) is 24.2 Å². The number of rotatable bonds is 3. The molecule has 80 valence electrons. The summed E-state index contributed by atoms with van der Waals surface area (Å²) in [6, 6.07) is 7.32. The van der Waals surface area contributed by atoms with E-state index in [1.54, 1.807) is 6.07 Å². The summed E-state index contributed by atoms with van der Waals surface area (Å²) in [6.07, 6.45) is 0.159. The molecule has 0 bridgehead atoms. The molecule has 1 aliphatic heterocycles. The molecule has 0 saturated heterocycles. The monoisotopic (exact) mass is 209 g/mol. The topological polar surface area (TPSA) is 61.6 Å². The van der Waals surface area contributed by atoms with Crippen molar-refractivity contribution in [2.45, 2.75) is 12.5 Å². The van der Waals surface area contributed by atoms with Crippen molar-refractivity contribution in [3.05, 3.63) is 34.4 Å². The van der Waals surface area contributed by atoms with E-state index in [0.717, 1.165) is 0 Å². The van der Waals surface area contributed by atoms with Gasteiger partial charge in [0.05, 0.1) is 6.42 Å². The predicted molar refractivity (Wildman–Crippen MR) is 52.8 cm³/mol.